The van der Waals surface area contributed by atoms with Crippen molar-refractivity contribution in [3.05, 3.63) is 11.6 Å². The first-order chi connectivity index (χ1) is 13.9. The van der Waals surface area contributed by atoms with Crippen molar-refractivity contribution >= 4 is 11.8 Å². The Labute approximate surface area is 183 Å². The molecule has 0 unspecified atom stereocenters. The predicted octanol–water partition coefficient (Wildman–Crippen LogP) is 6.66. The first-order valence-corrected chi connectivity index (χ1v) is 12.3. The molecule has 0 heterocycles. The van der Waals surface area contributed by atoms with Gasteiger partial charge in [-0.05, 0) is 84.9 Å². The number of hydrogen-bond donors (Lipinski definition) is 1. The van der Waals surface area contributed by atoms with Gasteiger partial charge in [-0.15, -0.1) is 0 Å². The zero-order chi connectivity index (χ0) is 22.1. The fourth-order valence-electron chi connectivity index (χ4n) is 9.04. The van der Waals surface area contributed by atoms with Crippen molar-refractivity contribution in [3.8, 4) is 0 Å². The molecule has 168 valence electrons. The number of rotatable bonds is 4. The molecule has 0 aromatic carbocycles. The Balaban J connectivity index is 1.67. The fourth-order valence-corrected chi connectivity index (χ4v) is 9.04. The molecule has 7 atom stereocenters. The number of aliphatic carboxylic acids is 1. The minimum atomic E-state index is -0.667. The molecule has 0 spiro atoms. The van der Waals surface area contributed by atoms with Crippen LogP contribution in [0, 0.1) is 45.3 Å². The van der Waals surface area contributed by atoms with Crippen molar-refractivity contribution in [1.82, 2.24) is 0 Å². The van der Waals surface area contributed by atoms with Crippen molar-refractivity contribution in [2.45, 2.75) is 99.3 Å². The molecule has 0 aromatic heterocycles. The largest absolute Gasteiger partial charge is 0.481 e. The van der Waals surface area contributed by atoms with Gasteiger partial charge in [0.05, 0.1) is 0 Å². The summed E-state index contributed by atoms with van der Waals surface area (Å²) in [6.45, 7) is 14.2. The Morgan fingerprint density at radius 2 is 1.80 bits per heavy atom. The van der Waals surface area contributed by atoms with E-state index in [0.29, 0.717) is 34.9 Å². The first kappa shape index (κ1) is 22.1. The quantitative estimate of drug-likeness (QED) is 0.523. The molecule has 3 fully saturated rings. The Morgan fingerprint density at radius 1 is 1.10 bits per heavy atom. The van der Waals surface area contributed by atoms with Crippen LogP contribution in [-0.2, 0) is 9.59 Å². The summed E-state index contributed by atoms with van der Waals surface area (Å²) >= 11 is 0. The summed E-state index contributed by atoms with van der Waals surface area (Å²) in [6, 6.07) is 0. The van der Waals surface area contributed by atoms with Crippen LogP contribution in [0.3, 0.4) is 0 Å². The monoisotopic (exact) mass is 414 g/mol. The maximum Gasteiger partial charge on any atom is 0.303 e. The summed E-state index contributed by atoms with van der Waals surface area (Å²) in [6.07, 6.45) is 11.4. The number of hydrogen-bond acceptors (Lipinski definition) is 2. The second-order valence-corrected chi connectivity index (χ2v) is 12.5. The van der Waals surface area contributed by atoms with E-state index in [0.717, 1.165) is 25.7 Å². The van der Waals surface area contributed by atoms with E-state index in [1.165, 1.54) is 25.7 Å². The van der Waals surface area contributed by atoms with E-state index in [-0.39, 0.29) is 22.7 Å². The van der Waals surface area contributed by atoms with Gasteiger partial charge in [0.2, 0.25) is 0 Å². The second kappa shape index (κ2) is 6.94. The van der Waals surface area contributed by atoms with Crippen molar-refractivity contribution in [2.75, 3.05) is 0 Å². The molecular weight excluding hydrogens is 372 g/mol. The molecule has 0 saturated heterocycles. The maximum absolute atomic E-state index is 12.7. The molecule has 3 nitrogen and oxygen atoms in total. The number of carbonyl (C=O) groups is 2. The number of carboxylic acid groups (broad SMARTS) is 1. The zero-order valence-corrected chi connectivity index (χ0v) is 20.0. The summed E-state index contributed by atoms with van der Waals surface area (Å²) in [5, 5.41) is 9.17. The SMILES string of the molecule is C[C@H](CCC(=O)O)[C@H]1CC[C@@]2(C)[C@@H]3CC[C@H]4C(C)(C)C(=O)CC[C@]4(C)C3=CC[C@]12C. The minimum Gasteiger partial charge on any atom is -0.481 e. The summed E-state index contributed by atoms with van der Waals surface area (Å²) in [7, 11) is 0. The van der Waals surface area contributed by atoms with E-state index >= 15 is 0 Å². The summed E-state index contributed by atoms with van der Waals surface area (Å²) < 4.78 is 0. The molecule has 30 heavy (non-hydrogen) atoms. The van der Waals surface area contributed by atoms with E-state index in [9.17, 15) is 14.7 Å². The smallest absolute Gasteiger partial charge is 0.303 e. The molecular formula is C27H42O3. The van der Waals surface area contributed by atoms with Crippen molar-refractivity contribution < 1.29 is 14.7 Å². The van der Waals surface area contributed by atoms with Gasteiger partial charge in [0, 0.05) is 18.3 Å². The highest BCUT2D eigenvalue weighted by Gasteiger charge is 2.65. The van der Waals surface area contributed by atoms with E-state index in [4.69, 9.17) is 0 Å². The molecule has 0 bridgehead atoms. The van der Waals surface area contributed by atoms with E-state index in [1.54, 1.807) is 5.57 Å². The van der Waals surface area contributed by atoms with E-state index < -0.39 is 5.97 Å². The van der Waals surface area contributed by atoms with Crippen LogP contribution in [0.15, 0.2) is 11.6 Å². The van der Waals surface area contributed by atoms with Gasteiger partial charge >= 0.3 is 5.97 Å². The maximum atomic E-state index is 12.7. The fraction of sp³-hybridized carbons (Fsp3) is 0.852. The molecule has 4 rings (SSSR count). The molecule has 0 aromatic rings. The topological polar surface area (TPSA) is 54.4 Å². The number of ketones is 1. The number of Topliss-reactive ketones (excluding diaryl/α,β-unsaturated/α-hetero) is 1. The van der Waals surface area contributed by atoms with E-state index in [1.807, 2.05) is 0 Å². The van der Waals surface area contributed by atoms with Gasteiger partial charge in [-0.3, -0.25) is 9.59 Å². The van der Waals surface area contributed by atoms with Crippen LogP contribution in [0.5, 0.6) is 0 Å². The van der Waals surface area contributed by atoms with Crippen LogP contribution in [0.25, 0.3) is 0 Å². The molecule has 0 radical (unpaired) electrons. The van der Waals surface area contributed by atoms with Crippen molar-refractivity contribution in [3.63, 3.8) is 0 Å². The van der Waals surface area contributed by atoms with Gasteiger partial charge in [-0.25, -0.2) is 0 Å². The molecule has 1 N–H and O–H groups in total. The Hall–Kier alpha value is -1.12. The highest BCUT2D eigenvalue weighted by Crippen LogP contribution is 2.72. The predicted molar refractivity (Wildman–Crippen MR) is 120 cm³/mol. The normalized spacial score (nSPS) is 45.7. The van der Waals surface area contributed by atoms with Gasteiger partial charge in [0.15, 0.2) is 0 Å². The average molecular weight is 415 g/mol. The molecule has 0 amide bonds. The van der Waals surface area contributed by atoms with Gasteiger partial charge in [0.25, 0.3) is 0 Å². The third kappa shape index (κ3) is 2.82. The van der Waals surface area contributed by atoms with Gasteiger partial charge in [-0.1, -0.05) is 53.2 Å². The molecule has 3 saturated carbocycles. The van der Waals surface area contributed by atoms with Crippen molar-refractivity contribution in [2.24, 2.45) is 45.3 Å². The lowest BCUT2D eigenvalue weighted by atomic mass is 9.41. The van der Waals surface area contributed by atoms with Gasteiger partial charge < -0.3 is 5.11 Å². The Bertz CT molecular complexity index is 779. The third-order valence-corrected chi connectivity index (χ3v) is 11.1. The zero-order valence-electron chi connectivity index (χ0n) is 20.0. The van der Waals surface area contributed by atoms with Crippen LogP contribution in [0.2, 0.25) is 0 Å². The van der Waals surface area contributed by atoms with E-state index in [2.05, 4.69) is 47.6 Å². The van der Waals surface area contributed by atoms with Crippen LogP contribution in [0.1, 0.15) is 99.3 Å². The van der Waals surface area contributed by atoms with Crippen LogP contribution in [0.4, 0.5) is 0 Å². The molecule has 4 aliphatic carbocycles. The van der Waals surface area contributed by atoms with Crippen molar-refractivity contribution in [1.29, 1.82) is 0 Å². The Kier molecular flexibility index (Phi) is 5.11. The third-order valence-electron chi connectivity index (χ3n) is 11.1. The summed E-state index contributed by atoms with van der Waals surface area (Å²) in [5.74, 6) is 1.95. The average Bonchev–Trinajstić information content (AvgIpc) is 2.95. The van der Waals surface area contributed by atoms with Crippen LogP contribution < -0.4 is 0 Å². The number of carboxylic acids is 1. The molecule has 3 heteroatoms. The lowest BCUT2D eigenvalue weighted by Crippen LogP contribution is -2.56. The van der Waals surface area contributed by atoms with Crippen LogP contribution in [-0.4, -0.2) is 16.9 Å². The van der Waals surface area contributed by atoms with Gasteiger partial charge in [-0.2, -0.15) is 0 Å². The molecule has 4 aliphatic rings. The minimum absolute atomic E-state index is 0.164. The number of allylic oxidation sites excluding steroid dienone is 2. The highest BCUT2D eigenvalue weighted by atomic mass is 16.4. The lowest BCUT2D eigenvalue weighted by molar-refractivity contribution is -0.142. The summed E-state index contributed by atoms with van der Waals surface area (Å²) in [4.78, 5) is 23.9. The molecule has 0 aliphatic heterocycles. The summed E-state index contributed by atoms with van der Waals surface area (Å²) in [5.41, 5.74) is 2.18. The standard InChI is InChI=1S/C27H42O3/c1-17(7-10-23(29)30)18-11-15-27(6)20-8-9-21-24(2,3)22(28)13-14-25(21,4)19(20)12-16-26(18,27)5/h12,17-18,20-21H,7-11,13-16H2,1-6H3,(H,29,30)/t17-,18-,20-,21+,25-,26-,27+/m1/s1. The lowest BCUT2D eigenvalue weighted by Gasteiger charge is -2.63. The van der Waals surface area contributed by atoms with Gasteiger partial charge in [0.1, 0.15) is 5.78 Å². The van der Waals surface area contributed by atoms with Crippen LogP contribution >= 0.6 is 0 Å². The Morgan fingerprint density at radius 3 is 2.47 bits per heavy atom. The number of carbonyl (C=O) groups excluding carboxylic acids is 1. The number of fused-ring (bicyclic) bond motifs is 5. The first-order valence-electron chi connectivity index (χ1n) is 12.3. The highest BCUT2D eigenvalue weighted by molar-refractivity contribution is 5.85. The second-order valence-electron chi connectivity index (χ2n) is 12.5.